The van der Waals surface area contributed by atoms with Crippen LogP contribution in [0.15, 0.2) is 88.7 Å². The number of aryl methyl sites for hydroxylation is 2. The Kier molecular flexibility index (Phi) is 8.25. The van der Waals surface area contributed by atoms with Crippen LogP contribution in [0, 0.1) is 19.7 Å². The molecule has 11 heteroatoms. The first-order valence-corrected chi connectivity index (χ1v) is 13.7. The molecular weight excluding hydrogens is 566 g/mol. The molecule has 200 valence electrons. The lowest BCUT2D eigenvalue weighted by Gasteiger charge is -2.15. The summed E-state index contributed by atoms with van der Waals surface area (Å²) in [5.74, 6) is -0.923. The van der Waals surface area contributed by atoms with Gasteiger partial charge in [0.1, 0.15) is 17.3 Å². The first kappa shape index (κ1) is 28.1. The van der Waals surface area contributed by atoms with E-state index in [0.717, 1.165) is 6.07 Å². The van der Waals surface area contributed by atoms with E-state index in [4.69, 9.17) is 27.9 Å². The number of sulfone groups is 1. The van der Waals surface area contributed by atoms with Gasteiger partial charge in [0.05, 0.1) is 20.4 Å². The van der Waals surface area contributed by atoms with Crippen LogP contribution in [0.25, 0.3) is 0 Å². The van der Waals surface area contributed by atoms with Crippen LogP contribution < -0.4 is 15.4 Å². The number of benzene rings is 4. The Labute approximate surface area is 234 Å². The number of rotatable bonds is 6. The number of amides is 3. The average Bonchev–Trinajstić information content (AvgIpc) is 2.86. The third-order valence-corrected chi connectivity index (χ3v) is 7.97. The number of hydrogen-bond acceptors (Lipinski definition) is 5. The van der Waals surface area contributed by atoms with Gasteiger partial charge in [-0.1, -0.05) is 29.3 Å². The number of halogens is 3. The predicted molar refractivity (Wildman–Crippen MR) is 147 cm³/mol. The maximum absolute atomic E-state index is 14.0. The number of carbonyl (C=O) groups is 2. The van der Waals surface area contributed by atoms with Gasteiger partial charge >= 0.3 is 6.03 Å². The number of carbonyl (C=O) groups excluding carboxylic acids is 2. The molecule has 4 aromatic rings. The molecule has 7 nitrogen and oxygen atoms in total. The molecule has 4 rings (SSSR count). The van der Waals surface area contributed by atoms with E-state index < -0.39 is 33.2 Å². The van der Waals surface area contributed by atoms with Crippen molar-refractivity contribution in [3.8, 4) is 11.5 Å². The molecule has 0 spiro atoms. The van der Waals surface area contributed by atoms with E-state index in [1.165, 1.54) is 48.5 Å². The van der Waals surface area contributed by atoms with Gasteiger partial charge in [-0.05, 0) is 97.8 Å². The van der Waals surface area contributed by atoms with E-state index in [9.17, 15) is 22.4 Å². The summed E-state index contributed by atoms with van der Waals surface area (Å²) in [4.78, 5) is 24.9. The smallest absolute Gasteiger partial charge is 0.326 e. The first-order valence-electron chi connectivity index (χ1n) is 11.4. The van der Waals surface area contributed by atoms with Crippen molar-refractivity contribution < 1.29 is 27.1 Å². The molecule has 0 radical (unpaired) electrons. The van der Waals surface area contributed by atoms with Crippen LogP contribution >= 0.6 is 23.2 Å². The Bertz CT molecular complexity index is 1630. The highest BCUT2D eigenvalue weighted by molar-refractivity contribution is 7.91. The van der Waals surface area contributed by atoms with Gasteiger partial charge in [-0.2, -0.15) is 0 Å². The maximum Gasteiger partial charge on any atom is 0.326 e. The molecule has 0 unspecified atom stereocenters. The van der Waals surface area contributed by atoms with Crippen LogP contribution in [0.3, 0.4) is 0 Å². The van der Waals surface area contributed by atoms with Gasteiger partial charge in [-0.15, -0.1) is 0 Å². The molecule has 0 aromatic heterocycles. The lowest BCUT2D eigenvalue weighted by Crippen LogP contribution is -2.35. The molecule has 4 aromatic carbocycles. The second kappa shape index (κ2) is 11.4. The maximum atomic E-state index is 14.0. The summed E-state index contributed by atoms with van der Waals surface area (Å²) < 4.78 is 45.7. The van der Waals surface area contributed by atoms with Crippen molar-refractivity contribution in [3.63, 3.8) is 0 Å². The minimum Gasteiger partial charge on any atom is -0.457 e. The molecular formula is C28H21Cl2FN2O5S. The van der Waals surface area contributed by atoms with Crippen molar-refractivity contribution in [2.45, 2.75) is 23.6 Å². The molecule has 0 aliphatic rings. The number of anilines is 1. The first-order chi connectivity index (χ1) is 18.5. The van der Waals surface area contributed by atoms with Crippen molar-refractivity contribution in [1.29, 1.82) is 0 Å². The molecule has 39 heavy (non-hydrogen) atoms. The summed E-state index contributed by atoms with van der Waals surface area (Å²) in [5, 5.41) is 4.90. The molecule has 3 amide bonds. The Morgan fingerprint density at radius 2 is 1.41 bits per heavy atom. The van der Waals surface area contributed by atoms with E-state index in [2.05, 4.69) is 10.6 Å². The molecule has 0 saturated heterocycles. The summed E-state index contributed by atoms with van der Waals surface area (Å²) in [6.07, 6.45) is 0. The van der Waals surface area contributed by atoms with Gasteiger partial charge < -0.3 is 10.1 Å². The third kappa shape index (κ3) is 6.39. The fourth-order valence-corrected chi connectivity index (χ4v) is 5.42. The largest absolute Gasteiger partial charge is 0.457 e. The van der Waals surface area contributed by atoms with E-state index >= 15 is 0 Å². The minimum atomic E-state index is -3.72. The summed E-state index contributed by atoms with van der Waals surface area (Å²) in [6, 6.07) is 18.0. The van der Waals surface area contributed by atoms with E-state index in [0.29, 0.717) is 33.3 Å². The highest BCUT2D eigenvalue weighted by Gasteiger charge is 2.20. The quantitative estimate of drug-likeness (QED) is 0.246. The molecule has 0 bridgehead atoms. The van der Waals surface area contributed by atoms with Crippen LogP contribution in [-0.4, -0.2) is 20.4 Å². The van der Waals surface area contributed by atoms with Crippen molar-refractivity contribution in [2.75, 3.05) is 5.32 Å². The summed E-state index contributed by atoms with van der Waals surface area (Å²) in [6.45, 7) is 3.52. The van der Waals surface area contributed by atoms with E-state index in [1.54, 1.807) is 38.1 Å². The van der Waals surface area contributed by atoms with Gasteiger partial charge in [0, 0.05) is 10.7 Å². The Hall–Kier alpha value is -3.92. The number of imide groups is 1. The lowest BCUT2D eigenvalue weighted by atomic mass is 10.1. The van der Waals surface area contributed by atoms with Gasteiger partial charge in [0.2, 0.25) is 9.84 Å². The molecule has 0 aliphatic heterocycles. The third-order valence-electron chi connectivity index (χ3n) is 5.61. The molecule has 0 heterocycles. The molecule has 0 fully saturated rings. The number of ether oxygens (including phenoxy) is 1. The standard InChI is InChI=1S/C28H21Cl2FN2O5S/c1-16-14-19(32-28(35)33-27(34)25-23(30)4-3-5-24(25)31)15-17(2)26(16)38-20-8-12-22(13-9-20)39(36,37)21-10-6-18(29)7-11-21/h3-15H,1-2H3,(H2,32,33,34,35). The van der Waals surface area contributed by atoms with Crippen LogP contribution in [0.1, 0.15) is 21.5 Å². The summed E-state index contributed by atoms with van der Waals surface area (Å²) in [7, 11) is -3.72. The normalized spacial score (nSPS) is 11.1. The van der Waals surface area contributed by atoms with Crippen LogP contribution in [0.2, 0.25) is 10.0 Å². The summed E-state index contributed by atoms with van der Waals surface area (Å²) >= 11 is 11.7. The fourth-order valence-electron chi connectivity index (χ4n) is 3.78. The van der Waals surface area contributed by atoms with Crippen LogP contribution in [0.5, 0.6) is 11.5 Å². The van der Waals surface area contributed by atoms with Gasteiger partial charge in [0.15, 0.2) is 0 Å². The topological polar surface area (TPSA) is 102 Å². The SMILES string of the molecule is Cc1cc(NC(=O)NC(=O)c2c(F)cccc2Cl)cc(C)c1Oc1ccc(S(=O)(=O)c2ccc(Cl)cc2)cc1. The second-order valence-electron chi connectivity index (χ2n) is 8.47. The molecule has 0 aliphatic carbocycles. The van der Waals surface area contributed by atoms with Gasteiger partial charge in [-0.25, -0.2) is 17.6 Å². The van der Waals surface area contributed by atoms with E-state index in [1.807, 2.05) is 0 Å². The summed E-state index contributed by atoms with van der Waals surface area (Å²) in [5.41, 5.74) is 1.25. The van der Waals surface area contributed by atoms with Crippen molar-refractivity contribution in [2.24, 2.45) is 0 Å². The second-order valence-corrected chi connectivity index (χ2v) is 11.3. The zero-order chi connectivity index (χ0) is 28.3. The molecule has 0 saturated carbocycles. The number of urea groups is 1. The monoisotopic (exact) mass is 586 g/mol. The number of hydrogen-bond donors (Lipinski definition) is 2. The Morgan fingerprint density at radius 1 is 0.846 bits per heavy atom. The zero-order valence-electron chi connectivity index (χ0n) is 20.6. The number of nitrogens with one attached hydrogen (secondary N) is 2. The molecule has 2 N–H and O–H groups in total. The Balaban J connectivity index is 1.45. The average molecular weight is 587 g/mol. The fraction of sp³-hybridized carbons (Fsp3) is 0.0714. The van der Waals surface area contributed by atoms with Crippen LogP contribution in [0.4, 0.5) is 14.9 Å². The van der Waals surface area contributed by atoms with Crippen molar-refractivity contribution >= 4 is 50.7 Å². The minimum absolute atomic E-state index is 0.0994. The van der Waals surface area contributed by atoms with Crippen molar-refractivity contribution in [1.82, 2.24) is 5.32 Å². The zero-order valence-corrected chi connectivity index (χ0v) is 22.9. The predicted octanol–water partition coefficient (Wildman–Crippen LogP) is 7.34. The van der Waals surface area contributed by atoms with Gasteiger partial charge in [-0.3, -0.25) is 10.1 Å². The van der Waals surface area contributed by atoms with Gasteiger partial charge in [0.25, 0.3) is 5.91 Å². The lowest BCUT2D eigenvalue weighted by molar-refractivity contribution is 0.0963. The highest BCUT2D eigenvalue weighted by atomic mass is 35.5. The van der Waals surface area contributed by atoms with E-state index in [-0.39, 0.29) is 14.8 Å². The highest BCUT2D eigenvalue weighted by Crippen LogP contribution is 2.33. The van der Waals surface area contributed by atoms with Crippen molar-refractivity contribution in [3.05, 3.63) is 111 Å². The van der Waals surface area contributed by atoms with Crippen LogP contribution in [-0.2, 0) is 9.84 Å². The Morgan fingerprint density at radius 3 is 1.97 bits per heavy atom. The molecule has 0 atom stereocenters.